The van der Waals surface area contributed by atoms with Crippen LogP contribution in [-0.2, 0) is 0 Å². The first kappa shape index (κ1) is 11.4. The minimum absolute atomic E-state index is 0.224. The van der Waals surface area contributed by atoms with Crippen molar-refractivity contribution in [3.05, 3.63) is 42.1 Å². The molecule has 0 spiro atoms. The molecule has 1 saturated carbocycles. The number of pyridine rings is 1. The van der Waals surface area contributed by atoms with Gasteiger partial charge in [0, 0.05) is 23.1 Å². The summed E-state index contributed by atoms with van der Waals surface area (Å²) < 4.78 is 0. The molecule has 2 aromatic rings. The van der Waals surface area contributed by atoms with Crippen LogP contribution in [0.15, 0.2) is 36.5 Å². The van der Waals surface area contributed by atoms with Crippen LogP contribution in [0.2, 0.25) is 0 Å². The molecule has 2 heteroatoms. The van der Waals surface area contributed by atoms with E-state index >= 15 is 0 Å². The van der Waals surface area contributed by atoms with E-state index in [1.165, 1.54) is 19.3 Å². The molecule has 18 heavy (non-hydrogen) atoms. The van der Waals surface area contributed by atoms with Gasteiger partial charge in [-0.1, -0.05) is 37.5 Å². The van der Waals surface area contributed by atoms with Crippen LogP contribution in [0, 0.1) is 5.92 Å². The number of hydrogen-bond acceptors (Lipinski definition) is 2. The average molecular weight is 239 g/mol. The second kappa shape index (κ2) is 4.89. The van der Waals surface area contributed by atoms with Crippen molar-refractivity contribution in [3.63, 3.8) is 0 Å². The highest BCUT2D eigenvalue weighted by Crippen LogP contribution is 2.27. The maximum Gasteiger partial charge on any atom is 0.167 e. The standard InChI is InChI=1S/C16H17NO/c18-16(12-6-2-1-3-7-12)14-10-13-8-4-5-9-15(13)17-11-14/h4-5,8-12H,1-3,6-7H2. The zero-order valence-electron chi connectivity index (χ0n) is 10.4. The van der Waals surface area contributed by atoms with Crippen molar-refractivity contribution in [1.82, 2.24) is 4.98 Å². The van der Waals surface area contributed by atoms with Crippen molar-refractivity contribution >= 4 is 16.7 Å². The first-order chi connectivity index (χ1) is 8.84. The van der Waals surface area contributed by atoms with Crippen LogP contribution in [0.3, 0.4) is 0 Å². The molecule has 0 aliphatic heterocycles. The summed E-state index contributed by atoms with van der Waals surface area (Å²) in [5.41, 5.74) is 1.73. The number of carbonyl (C=O) groups is 1. The van der Waals surface area contributed by atoms with E-state index in [0.29, 0.717) is 0 Å². The van der Waals surface area contributed by atoms with Gasteiger partial charge in [0.05, 0.1) is 5.52 Å². The topological polar surface area (TPSA) is 30.0 Å². The van der Waals surface area contributed by atoms with Gasteiger partial charge in [0.1, 0.15) is 0 Å². The van der Waals surface area contributed by atoms with Gasteiger partial charge in [-0.15, -0.1) is 0 Å². The molecular formula is C16H17NO. The Morgan fingerprint density at radius 1 is 1.11 bits per heavy atom. The van der Waals surface area contributed by atoms with Crippen molar-refractivity contribution < 1.29 is 4.79 Å². The number of Topliss-reactive ketones (excluding diaryl/α,β-unsaturated/α-hetero) is 1. The minimum atomic E-state index is 0.224. The number of ketones is 1. The number of benzene rings is 1. The first-order valence-corrected chi connectivity index (χ1v) is 6.73. The Kier molecular flexibility index (Phi) is 3.09. The van der Waals surface area contributed by atoms with Gasteiger partial charge in [0.15, 0.2) is 5.78 Å². The van der Waals surface area contributed by atoms with Crippen molar-refractivity contribution in [2.75, 3.05) is 0 Å². The molecule has 0 N–H and O–H groups in total. The Hall–Kier alpha value is -1.70. The Morgan fingerprint density at radius 2 is 1.89 bits per heavy atom. The van der Waals surface area contributed by atoms with Crippen LogP contribution in [0.4, 0.5) is 0 Å². The van der Waals surface area contributed by atoms with Crippen LogP contribution >= 0.6 is 0 Å². The van der Waals surface area contributed by atoms with E-state index in [2.05, 4.69) is 4.98 Å². The third-order valence-corrected chi connectivity index (χ3v) is 3.85. The smallest absolute Gasteiger partial charge is 0.167 e. The van der Waals surface area contributed by atoms with Crippen LogP contribution in [0.25, 0.3) is 10.9 Å². The van der Waals surface area contributed by atoms with E-state index in [9.17, 15) is 4.79 Å². The first-order valence-electron chi connectivity index (χ1n) is 6.73. The molecule has 0 saturated heterocycles. The Labute approximate surface area is 107 Å². The lowest BCUT2D eigenvalue weighted by atomic mass is 9.84. The van der Waals surface area contributed by atoms with E-state index in [1.54, 1.807) is 6.20 Å². The van der Waals surface area contributed by atoms with Crippen molar-refractivity contribution in [1.29, 1.82) is 0 Å². The van der Waals surface area contributed by atoms with Gasteiger partial charge in [-0.25, -0.2) is 0 Å². The summed E-state index contributed by atoms with van der Waals surface area (Å²) in [5, 5.41) is 1.05. The Balaban J connectivity index is 1.91. The minimum Gasteiger partial charge on any atom is -0.294 e. The van der Waals surface area contributed by atoms with Crippen LogP contribution in [0.5, 0.6) is 0 Å². The van der Waals surface area contributed by atoms with E-state index in [-0.39, 0.29) is 11.7 Å². The molecule has 1 aromatic heterocycles. The van der Waals surface area contributed by atoms with E-state index in [4.69, 9.17) is 0 Å². The molecule has 1 aliphatic rings. The lowest BCUT2D eigenvalue weighted by Crippen LogP contribution is -2.17. The maximum absolute atomic E-state index is 12.4. The molecule has 0 radical (unpaired) electrons. The van der Waals surface area contributed by atoms with Gasteiger partial charge in [-0.05, 0) is 25.0 Å². The van der Waals surface area contributed by atoms with Crippen molar-refractivity contribution in [2.24, 2.45) is 5.92 Å². The summed E-state index contributed by atoms with van der Waals surface area (Å²) >= 11 is 0. The number of nitrogens with zero attached hydrogens (tertiary/aromatic N) is 1. The van der Waals surface area contributed by atoms with E-state index in [0.717, 1.165) is 29.3 Å². The van der Waals surface area contributed by atoms with Crippen LogP contribution in [0.1, 0.15) is 42.5 Å². The maximum atomic E-state index is 12.4. The van der Waals surface area contributed by atoms with Crippen molar-refractivity contribution in [2.45, 2.75) is 32.1 Å². The van der Waals surface area contributed by atoms with Crippen LogP contribution < -0.4 is 0 Å². The third-order valence-electron chi connectivity index (χ3n) is 3.85. The number of carbonyl (C=O) groups excluding carboxylic acids is 1. The molecular weight excluding hydrogens is 222 g/mol. The second-order valence-corrected chi connectivity index (χ2v) is 5.12. The zero-order chi connectivity index (χ0) is 12.4. The fourth-order valence-electron chi connectivity index (χ4n) is 2.81. The molecule has 2 nitrogen and oxygen atoms in total. The van der Waals surface area contributed by atoms with Crippen molar-refractivity contribution in [3.8, 4) is 0 Å². The number of para-hydroxylation sites is 1. The van der Waals surface area contributed by atoms with Gasteiger partial charge < -0.3 is 0 Å². The fraction of sp³-hybridized carbons (Fsp3) is 0.375. The second-order valence-electron chi connectivity index (χ2n) is 5.12. The zero-order valence-corrected chi connectivity index (χ0v) is 10.4. The van der Waals surface area contributed by atoms with Crippen LogP contribution in [-0.4, -0.2) is 10.8 Å². The summed E-state index contributed by atoms with van der Waals surface area (Å²) in [6, 6.07) is 9.93. The molecule has 1 heterocycles. The number of fused-ring (bicyclic) bond motifs is 1. The predicted octanol–water partition coefficient (Wildman–Crippen LogP) is 4.00. The average Bonchev–Trinajstić information content (AvgIpc) is 2.47. The molecule has 3 rings (SSSR count). The Bertz CT molecular complexity index is 570. The lowest BCUT2D eigenvalue weighted by molar-refractivity contribution is 0.0889. The monoisotopic (exact) mass is 239 g/mol. The van der Waals surface area contributed by atoms with E-state index in [1.807, 2.05) is 30.3 Å². The highest BCUT2D eigenvalue weighted by atomic mass is 16.1. The quantitative estimate of drug-likeness (QED) is 0.741. The summed E-state index contributed by atoms with van der Waals surface area (Å²) in [6.45, 7) is 0. The highest BCUT2D eigenvalue weighted by molar-refractivity contribution is 6.00. The summed E-state index contributed by atoms with van der Waals surface area (Å²) in [7, 11) is 0. The van der Waals surface area contributed by atoms with Gasteiger partial charge in [0.25, 0.3) is 0 Å². The fourth-order valence-corrected chi connectivity index (χ4v) is 2.81. The number of hydrogen-bond donors (Lipinski definition) is 0. The van der Waals surface area contributed by atoms with Gasteiger partial charge in [-0.2, -0.15) is 0 Å². The predicted molar refractivity (Wildman–Crippen MR) is 72.6 cm³/mol. The van der Waals surface area contributed by atoms with Gasteiger partial charge in [-0.3, -0.25) is 9.78 Å². The normalized spacial score (nSPS) is 16.9. The summed E-state index contributed by atoms with van der Waals surface area (Å²) in [5.74, 6) is 0.509. The Morgan fingerprint density at radius 3 is 2.72 bits per heavy atom. The molecule has 1 aromatic carbocycles. The van der Waals surface area contributed by atoms with E-state index < -0.39 is 0 Å². The van der Waals surface area contributed by atoms with Gasteiger partial charge >= 0.3 is 0 Å². The molecule has 0 unspecified atom stereocenters. The molecule has 1 fully saturated rings. The molecule has 92 valence electrons. The third kappa shape index (κ3) is 2.15. The van der Waals surface area contributed by atoms with Gasteiger partial charge in [0.2, 0.25) is 0 Å². The largest absolute Gasteiger partial charge is 0.294 e. The lowest BCUT2D eigenvalue weighted by Gasteiger charge is -2.20. The molecule has 0 atom stereocenters. The summed E-state index contributed by atoms with van der Waals surface area (Å²) in [6.07, 6.45) is 7.49. The highest BCUT2D eigenvalue weighted by Gasteiger charge is 2.22. The number of aromatic nitrogens is 1. The summed E-state index contributed by atoms with van der Waals surface area (Å²) in [4.78, 5) is 16.8. The molecule has 0 bridgehead atoms. The SMILES string of the molecule is O=C(c1cnc2ccccc2c1)C1CCCCC1. The molecule has 0 amide bonds. The molecule has 1 aliphatic carbocycles. The number of rotatable bonds is 2.